The molecule has 10 heteroatoms. The van der Waals surface area contributed by atoms with Crippen LogP contribution < -0.4 is 11.1 Å². The molecule has 3 N–H and O–H groups in total. The van der Waals surface area contributed by atoms with Gasteiger partial charge in [0.05, 0.1) is 32.4 Å². The second-order valence-corrected chi connectivity index (χ2v) is 7.74. The van der Waals surface area contributed by atoms with Gasteiger partial charge in [0.15, 0.2) is 18.4 Å². The second kappa shape index (κ2) is 11.7. The number of nitrogen functional groups attached to an aromatic ring is 1. The molecule has 0 bridgehead atoms. The topological polar surface area (TPSA) is 99.6 Å². The number of rotatable bonds is 6. The van der Waals surface area contributed by atoms with Gasteiger partial charge in [0, 0.05) is 6.61 Å². The lowest BCUT2D eigenvalue weighted by atomic mass is 10.1. The highest BCUT2D eigenvalue weighted by Gasteiger charge is 2.15. The molecule has 0 spiro atoms. The Morgan fingerprint density at radius 1 is 1.15 bits per heavy atom. The fourth-order valence-corrected chi connectivity index (χ4v) is 3.34. The largest absolute Gasteiger partial charge is 0.435 e. The lowest BCUT2D eigenvalue weighted by Gasteiger charge is -2.15. The predicted molar refractivity (Wildman–Crippen MR) is 131 cm³/mol. The van der Waals surface area contributed by atoms with Crippen molar-refractivity contribution >= 4 is 57.3 Å². The molecular weight excluding hydrogens is 484 g/mol. The van der Waals surface area contributed by atoms with Crippen LogP contribution >= 0.6 is 23.2 Å². The quantitative estimate of drug-likeness (QED) is 0.170. The third-order valence-electron chi connectivity index (χ3n) is 4.65. The molecule has 0 atom stereocenters. The van der Waals surface area contributed by atoms with Crippen molar-refractivity contribution < 1.29 is 23.2 Å². The van der Waals surface area contributed by atoms with E-state index in [1.54, 1.807) is 42.5 Å². The summed E-state index contributed by atoms with van der Waals surface area (Å²) in [6.07, 6.45) is 0. The van der Waals surface area contributed by atoms with E-state index < -0.39 is 11.8 Å². The Labute approximate surface area is 205 Å². The van der Waals surface area contributed by atoms with Crippen LogP contribution in [0.5, 0.6) is 0 Å². The van der Waals surface area contributed by atoms with Gasteiger partial charge in [0.25, 0.3) is 0 Å². The first-order chi connectivity index (χ1) is 16.3. The van der Waals surface area contributed by atoms with Gasteiger partial charge in [0.2, 0.25) is 5.58 Å². The number of aromatic nitrogens is 1. The summed E-state index contributed by atoms with van der Waals surface area (Å²) in [5.74, 6) is -0.701. The molecule has 0 aliphatic heterocycles. The standard InChI is InChI=1S/C17H17Cl2NO3.C7H5FN2O/c1-3-22-10-23-17(21)12-6-4-5-7-14(12)20-16-13(18)9-8-11(2)15(16)19;8-5-3-1-2-4-6(5)11-10-7(4)9/h4-9,20H,3,10H2,1-2H3;1-3H,(H2,9,10). The van der Waals surface area contributed by atoms with Crippen LogP contribution in [0.2, 0.25) is 10.0 Å². The van der Waals surface area contributed by atoms with Crippen LogP contribution in [0.15, 0.2) is 59.1 Å². The molecule has 0 saturated carbocycles. The van der Waals surface area contributed by atoms with Gasteiger partial charge < -0.3 is 25.0 Å². The average Bonchev–Trinajstić information content (AvgIpc) is 3.22. The van der Waals surface area contributed by atoms with E-state index in [0.29, 0.717) is 39.0 Å². The number of esters is 1. The number of aryl methyl sites for hydroxylation is 1. The van der Waals surface area contributed by atoms with E-state index in [4.69, 9.17) is 38.4 Å². The third-order valence-corrected chi connectivity index (χ3v) is 5.45. The fourth-order valence-electron chi connectivity index (χ4n) is 2.88. The maximum absolute atomic E-state index is 12.8. The number of nitrogens with zero attached hydrogens (tertiary/aromatic N) is 1. The molecule has 4 aromatic rings. The molecule has 0 amide bonds. The highest BCUT2D eigenvalue weighted by molar-refractivity contribution is 6.39. The summed E-state index contributed by atoms with van der Waals surface area (Å²) in [4.78, 5) is 12.2. The van der Waals surface area contributed by atoms with Gasteiger partial charge in [0.1, 0.15) is 0 Å². The molecular formula is C24H22Cl2FN3O4. The highest BCUT2D eigenvalue weighted by atomic mass is 35.5. The summed E-state index contributed by atoms with van der Waals surface area (Å²) in [5.41, 5.74) is 7.86. The first-order valence-electron chi connectivity index (χ1n) is 10.2. The van der Waals surface area contributed by atoms with Gasteiger partial charge in [-0.1, -0.05) is 52.6 Å². The van der Waals surface area contributed by atoms with E-state index in [1.807, 2.05) is 19.9 Å². The summed E-state index contributed by atoms with van der Waals surface area (Å²) in [7, 11) is 0. The van der Waals surface area contributed by atoms with Gasteiger partial charge in [-0.25, -0.2) is 9.18 Å². The zero-order chi connectivity index (χ0) is 24.7. The van der Waals surface area contributed by atoms with Crippen LogP contribution in [-0.2, 0) is 9.47 Å². The highest BCUT2D eigenvalue weighted by Crippen LogP contribution is 2.36. The van der Waals surface area contributed by atoms with Crippen molar-refractivity contribution in [3.63, 3.8) is 0 Å². The number of halogens is 3. The number of nitrogens with two attached hydrogens (primary N) is 1. The number of benzene rings is 3. The van der Waals surface area contributed by atoms with E-state index >= 15 is 0 Å². The molecule has 3 aromatic carbocycles. The number of anilines is 3. The zero-order valence-electron chi connectivity index (χ0n) is 18.4. The van der Waals surface area contributed by atoms with E-state index in [2.05, 4.69) is 15.0 Å². The SMILES string of the molecule is CCOCOC(=O)c1ccccc1Nc1c(Cl)ccc(C)c1Cl.Nc1noc2c(F)cccc12. The number of fused-ring (bicyclic) bond motifs is 1. The van der Waals surface area contributed by atoms with Gasteiger partial charge >= 0.3 is 5.97 Å². The lowest BCUT2D eigenvalue weighted by Crippen LogP contribution is -2.11. The molecule has 0 fully saturated rings. The number of nitrogens with one attached hydrogen (secondary N) is 1. The second-order valence-electron chi connectivity index (χ2n) is 6.95. The summed E-state index contributed by atoms with van der Waals surface area (Å²) in [5, 5.41) is 8.03. The van der Waals surface area contributed by atoms with Crippen LogP contribution in [0.1, 0.15) is 22.8 Å². The first-order valence-corrected chi connectivity index (χ1v) is 10.9. The molecule has 178 valence electrons. The maximum atomic E-state index is 12.8. The number of ether oxygens (including phenoxy) is 2. The number of para-hydroxylation sites is 2. The average molecular weight is 506 g/mol. The molecule has 0 aliphatic carbocycles. The van der Waals surface area contributed by atoms with Crippen molar-refractivity contribution in [1.82, 2.24) is 5.16 Å². The number of hydrogen-bond acceptors (Lipinski definition) is 7. The van der Waals surface area contributed by atoms with E-state index in [1.165, 1.54) is 6.07 Å². The molecule has 7 nitrogen and oxygen atoms in total. The maximum Gasteiger partial charge on any atom is 0.342 e. The Morgan fingerprint density at radius 2 is 1.91 bits per heavy atom. The van der Waals surface area contributed by atoms with Crippen molar-refractivity contribution in [3.8, 4) is 0 Å². The van der Waals surface area contributed by atoms with Gasteiger partial charge in [-0.15, -0.1) is 0 Å². The Balaban J connectivity index is 0.000000243. The van der Waals surface area contributed by atoms with Crippen LogP contribution in [-0.4, -0.2) is 24.5 Å². The van der Waals surface area contributed by atoms with E-state index in [-0.39, 0.29) is 18.2 Å². The van der Waals surface area contributed by atoms with Crippen LogP contribution in [0.25, 0.3) is 11.0 Å². The molecule has 0 radical (unpaired) electrons. The number of carbonyl (C=O) groups is 1. The van der Waals surface area contributed by atoms with Crippen LogP contribution in [0.4, 0.5) is 21.6 Å². The molecule has 1 heterocycles. The van der Waals surface area contributed by atoms with Gasteiger partial charge in [-0.3, -0.25) is 0 Å². The van der Waals surface area contributed by atoms with Gasteiger partial charge in [-0.2, -0.15) is 0 Å². The molecule has 4 rings (SSSR count). The molecule has 1 aromatic heterocycles. The summed E-state index contributed by atoms with van der Waals surface area (Å²) < 4.78 is 27.5. The Hall–Kier alpha value is -3.33. The first kappa shape index (κ1) is 25.3. The van der Waals surface area contributed by atoms with Gasteiger partial charge in [-0.05, 0) is 49.7 Å². The van der Waals surface area contributed by atoms with E-state index in [0.717, 1.165) is 5.56 Å². The minimum Gasteiger partial charge on any atom is -0.435 e. The normalized spacial score (nSPS) is 10.5. The van der Waals surface area contributed by atoms with Crippen molar-refractivity contribution in [1.29, 1.82) is 0 Å². The van der Waals surface area contributed by atoms with Crippen molar-refractivity contribution in [2.75, 3.05) is 24.5 Å². The molecule has 0 aliphatic rings. The summed E-state index contributed by atoms with van der Waals surface area (Å²) >= 11 is 12.5. The zero-order valence-corrected chi connectivity index (χ0v) is 19.9. The van der Waals surface area contributed by atoms with Crippen molar-refractivity contribution in [2.45, 2.75) is 13.8 Å². The summed E-state index contributed by atoms with van der Waals surface area (Å²) in [6.45, 7) is 4.09. The lowest BCUT2D eigenvalue weighted by molar-refractivity contribution is -0.0273. The smallest absolute Gasteiger partial charge is 0.342 e. The number of hydrogen-bond donors (Lipinski definition) is 2. The minimum absolute atomic E-state index is 0.0877. The van der Waals surface area contributed by atoms with Crippen molar-refractivity contribution in [3.05, 3.63) is 81.6 Å². The Kier molecular flexibility index (Phi) is 8.70. The number of carbonyl (C=O) groups excluding carboxylic acids is 1. The van der Waals surface area contributed by atoms with Crippen LogP contribution in [0, 0.1) is 12.7 Å². The minimum atomic E-state index is -0.485. The Morgan fingerprint density at radius 3 is 2.65 bits per heavy atom. The van der Waals surface area contributed by atoms with Crippen molar-refractivity contribution in [2.24, 2.45) is 0 Å². The monoisotopic (exact) mass is 505 g/mol. The molecule has 0 unspecified atom stereocenters. The Bertz CT molecular complexity index is 1300. The fraction of sp³-hybridized carbons (Fsp3) is 0.167. The van der Waals surface area contributed by atoms with E-state index in [9.17, 15) is 9.18 Å². The summed E-state index contributed by atoms with van der Waals surface area (Å²) in [6, 6.07) is 15.1. The predicted octanol–water partition coefficient (Wildman–Crippen LogP) is 6.75. The third kappa shape index (κ3) is 5.96. The van der Waals surface area contributed by atoms with Crippen LogP contribution in [0.3, 0.4) is 0 Å². The molecule has 34 heavy (non-hydrogen) atoms. The molecule has 0 saturated heterocycles.